The number of nitrogens with one attached hydrogen (secondary N) is 1. The topological polar surface area (TPSA) is 94.6 Å². The predicted octanol–water partition coefficient (Wildman–Crippen LogP) is 0.266. The Kier molecular flexibility index (Phi) is 4.65. The SMILES string of the molecule is CCNCCn1nnnc1SCc1nnc(C)o1. The highest BCUT2D eigenvalue weighted by molar-refractivity contribution is 7.98. The highest BCUT2D eigenvalue weighted by atomic mass is 32.2. The lowest BCUT2D eigenvalue weighted by Crippen LogP contribution is -2.20. The number of rotatable bonds is 7. The third-order valence-electron chi connectivity index (χ3n) is 2.14. The Labute approximate surface area is 109 Å². The molecule has 0 atom stereocenters. The van der Waals surface area contributed by atoms with Crippen LogP contribution in [-0.4, -0.2) is 43.5 Å². The predicted molar refractivity (Wildman–Crippen MR) is 65.0 cm³/mol. The Morgan fingerprint density at radius 3 is 2.94 bits per heavy atom. The van der Waals surface area contributed by atoms with Gasteiger partial charge in [0.1, 0.15) is 0 Å². The summed E-state index contributed by atoms with van der Waals surface area (Å²) in [4.78, 5) is 0. The molecule has 1 N–H and O–H groups in total. The highest BCUT2D eigenvalue weighted by Gasteiger charge is 2.09. The van der Waals surface area contributed by atoms with Gasteiger partial charge in [0, 0.05) is 13.5 Å². The molecule has 0 spiro atoms. The van der Waals surface area contributed by atoms with E-state index in [0.717, 1.165) is 24.8 Å². The normalized spacial score (nSPS) is 11.0. The third-order valence-corrected chi connectivity index (χ3v) is 3.08. The molecule has 0 unspecified atom stereocenters. The first kappa shape index (κ1) is 13.0. The van der Waals surface area contributed by atoms with Crippen molar-refractivity contribution in [1.29, 1.82) is 0 Å². The summed E-state index contributed by atoms with van der Waals surface area (Å²) in [7, 11) is 0. The molecule has 0 fully saturated rings. The standard InChI is InChI=1S/C9H15N7OS/c1-3-10-4-5-16-9(13-14-15-16)18-6-8-12-11-7(2)17-8/h10H,3-6H2,1-2H3. The first-order valence-electron chi connectivity index (χ1n) is 5.68. The number of hydrogen-bond donors (Lipinski definition) is 1. The Hall–Kier alpha value is -1.48. The van der Waals surface area contributed by atoms with E-state index in [9.17, 15) is 0 Å². The maximum Gasteiger partial charge on any atom is 0.226 e. The number of hydrogen-bond acceptors (Lipinski definition) is 8. The minimum Gasteiger partial charge on any atom is -0.425 e. The van der Waals surface area contributed by atoms with Gasteiger partial charge >= 0.3 is 0 Å². The molecule has 2 aromatic rings. The zero-order valence-electron chi connectivity index (χ0n) is 10.3. The van der Waals surface area contributed by atoms with Gasteiger partial charge in [-0.1, -0.05) is 18.7 Å². The van der Waals surface area contributed by atoms with E-state index in [-0.39, 0.29) is 0 Å². The second-order valence-electron chi connectivity index (χ2n) is 3.54. The molecule has 0 aromatic carbocycles. The molecule has 0 saturated carbocycles. The number of nitrogens with zero attached hydrogens (tertiary/aromatic N) is 6. The molecule has 0 bridgehead atoms. The molecule has 0 amide bonds. The molecule has 0 aliphatic carbocycles. The number of aromatic nitrogens is 6. The lowest BCUT2D eigenvalue weighted by molar-refractivity contribution is 0.484. The second-order valence-corrected chi connectivity index (χ2v) is 4.48. The molecule has 2 aromatic heterocycles. The molecule has 98 valence electrons. The van der Waals surface area contributed by atoms with Gasteiger partial charge in [-0.05, 0) is 17.0 Å². The van der Waals surface area contributed by atoms with Crippen molar-refractivity contribution in [3.63, 3.8) is 0 Å². The fourth-order valence-corrected chi connectivity index (χ4v) is 2.06. The van der Waals surface area contributed by atoms with E-state index in [1.165, 1.54) is 11.8 Å². The molecule has 8 nitrogen and oxygen atoms in total. The molecule has 9 heteroatoms. The quantitative estimate of drug-likeness (QED) is 0.565. The van der Waals surface area contributed by atoms with Crippen LogP contribution in [0.4, 0.5) is 0 Å². The van der Waals surface area contributed by atoms with Gasteiger partial charge < -0.3 is 9.73 Å². The lowest BCUT2D eigenvalue weighted by atomic mass is 10.6. The van der Waals surface area contributed by atoms with Crippen molar-refractivity contribution in [2.45, 2.75) is 31.3 Å². The number of aryl methyl sites for hydroxylation is 1. The summed E-state index contributed by atoms with van der Waals surface area (Å²) in [5.74, 6) is 1.72. The van der Waals surface area contributed by atoms with Gasteiger partial charge in [0.05, 0.1) is 12.3 Å². The van der Waals surface area contributed by atoms with Crippen LogP contribution in [0.2, 0.25) is 0 Å². The second kappa shape index (κ2) is 6.45. The summed E-state index contributed by atoms with van der Waals surface area (Å²) in [6.45, 7) is 6.35. The van der Waals surface area contributed by atoms with Crippen LogP contribution in [0.15, 0.2) is 9.57 Å². The van der Waals surface area contributed by atoms with E-state index in [4.69, 9.17) is 4.42 Å². The number of likely N-dealkylation sites (N-methyl/N-ethyl adjacent to an activating group) is 1. The maximum absolute atomic E-state index is 5.29. The largest absolute Gasteiger partial charge is 0.425 e. The monoisotopic (exact) mass is 269 g/mol. The fraction of sp³-hybridized carbons (Fsp3) is 0.667. The minimum atomic E-state index is 0.567. The van der Waals surface area contributed by atoms with Gasteiger partial charge in [-0.25, -0.2) is 4.68 Å². The lowest BCUT2D eigenvalue weighted by Gasteiger charge is -2.03. The summed E-state index contributed by atoms with van der Waals surface area (Å²) in [6, 6.07) is 0. The summed E-state index contributed by atoms with van der Waals surface area (Å²) in [6.07, 6.45) is 0. The van der Waals surface area contributed by atoms with Crippen molar-refractivity contribution in [3.8, 4) is 0 Å². The molecular formula is C9H15N7OS. The van der Waals surface area contributed by atoms with Crippen molar-refractivity contribution in [3.05, 3.63) is 11.8 Å². The molecule has 2 rings (SSSR count). The molecular weight excluding hydrogens is 254 g/mol. The smallest absolute Gasteiger partial charge is 0.226 e. The van der Waals surface area contributed by atoms with Crippen LogP contribution < -0.4 is 5.32 Å². The van der Waals surface area contributed by atoms with Crippen LogP contribution in [-0.2, 0) is 12.3 Å². The molecule has 0 aliphatic heterocycles. The number of thioether (sulfide) groups is 1. The Morgan fingerprint density at radius 1 is 1.33 bits per heavy atom. The van der Waals surface area contributed by atoms with E-state index >= 15 is 0 Å². The van der Waals surface area contributed by atoms with Crippen LogP contribution in [0, 0.1) is 6.92 Å². The van der Waals surface area contributed by atoms with Gasteiger partial charge in [-0.15, -0.1) is 15.3 Å². The summed E-state index contributed by atoms with van der Waals surface area (Å²) in [5.41, 5.74) is 0. The summed E-state index contributed by atoms with van der Waals surface area (Å²) < 4.78 is 7.05. The maximum atomic E-state index is 5.29. The van der Waals surface area contributed by atoms with Crippen molar-refractivity contribution >= 4 is 11.8 Å². The van der Waals surface area contributed by atoms with Crippen LogP contribution in [0.3, 0.4) is 0 Å². The fourth-order valence-electron chi connectivity index (χ4n) is 1.32. The molecule has 0 radical (unpaired) electrons. The molecule has 0 saturated heterocycles. The first-order chi connectivity index (χ1) is 8.79. The van der Waals surface area contributed by atoms with E-state index < -0.39 is 0 Å². The van der Waals surface area contributed by atoms with Crippen molar-refractivity contribution in [2.75, 3.05) is 13.1 Å². The Balaban J connectivity index is 1.87. The van der Waals surface area contributed by atoms with Crippen LogP contribution >= 0.6 is 11.8 Å². The van der Waals surface area contributed by atoms with Gasteiger partial charge in [0.25, 0.3) is 0 Å². The zero-order chi connectivity index (χ0) is 12.8. The zero-order valence-corrected chi connectivity index (χ0v) is 11.1. The van der Waals surface area contributed by atoms with E-state index in [2.05, 4.69) is 38.0 Å². The van der Waals surface area contributed by atoms with Crippen molar-refractivity contribution < 1.29 is 4.42 Å². The first-order valence-corrected chi connectivity index (χ1v) is 6.67. The molecule has 2 heterocycles. The van der Waals surface area contributed by atoms with E-state index in [1.54, 1.807) is 11.6 Å². The Bertz CT molecular complexity index is 483. The Morgan fingerprint density at radius 2 is 2.22 bits per heavy atom. The van der Waals surface area contributed by atoms with Crippen LogP contribution in [0.1, 0.15) is 18.7 Å². The van der Waals surface area contributed by atoms with Crippen LogP contribution in [0.5, 0.6) is 0 Å². The van der Waals surface area contributed by atoms with Gasteiger partial charge in [-0.3, -0.25) is 0 Å². The highest BCUT2D eigenvalue weighted by Crippen LogP contribution is 2.18. The minimum absolute atomic E-state index is 0.567. The summed E-state index contributed by atoms with van der Waals surface area (Å²) >= 11 is 1.48. The van der Waals surface area contributed by atoms with Gasteiger partial charge in [-0.2, -0.15) is 0 Å². The molecule has 0 aliphatic rings. The van der Waals surface area contributed by atoms with E-state index in [1.807, 2.05) is 0 Å². The van der Waals surface area contributed by atoms with Crippen molar-refractivity contribution in [2.24, 2.45) is 0 Å². The van der Waals surface area contributed by atoms with Crippen LogP contribution in [0.25, 0.3) is 0 Å². The summed E-state index contributed by atoms with van der Waals surface area (Å²) in [5, 5.41) is 23.2. The van der Waals surface area contributed by atoms with Gasteiger partial charge in [0.15, 0.2) is 0 Å². The third kappa shape index (κ3) is 3.50. The average Bonchev–Trinajstić information content (AvgIpc) is 2.96. The molecule has 18 heavy (non-hydrogen) atoms. The van der Waals surface area contributed by atoms with E-state index in [0.29, 0.717) is 17.5 Å². The van der Waals surface area contributed by atoms with Crippen molar-refractivity contribution in [1.82, 2.24) is 35.7 Å². The number of tetrazole rings is 1. The average molecular weight is 269 g/mol. The van der Waals surface area contributed by atoms with Gasteiger partial charge in [0.2, 0.25) is 16.9 Å².